The summed E-state index contributed by atoms with van der Waals surface area (Å²) < 4.78 is 1.89. The normalized spacial score (nSPS) is 8.33. The van der Waals surface area contributed by atoms with E-state index in [1.807, 2.05) is 17.8 Å². The van der Waals surface area contributed by atoms with Gasteiger partial charge in [0, 0.05) is 19.4 Å². The van der Waals surface area contributed by atoms with Gasteiger partial charge in [-0.2, -0.15) is 0 Å². The quantitative estimate of drug-likeness (QED) is 0.671. The molecule has 0 spiro atoms. The fourth-order valence-electron chi connectivity index (χ4n) is 0.326. The van der Waals surface area contributed by atoms with Crippen LogP contribution < -0.4 is 0 Å². The van der Waals surface area contributed by atoms with Crippen LogP contribution in [0.5, 0.6) is 0 Å². The first kappa shape index (κ1) is 9.66. The van der Waals surface area contributed by atoms with Crippen molar-refractivity contribution >= 4 is 28.5 Å². The first-order valence-corrected chi connectivity index (χ1v) is 6.93. The Hall–Kier alpha value is 0.664. The summed E-state index contributed by atoms with van der Waals surface area (Å²) in [4.78, 5) is 3.78. The van der Waals surface area contributed by atoms with Gasteiger partial charge in [-0.3, -0.25) is 0 Å². The molecule has 2 nitrogen and oxygen atoms in total. The van der Waals surface area contributed by atoms with Crippen molar-refractivity contribution in [3.05, 3.63) is 18.7 Å². The molecule has 0 saturated heterocycles. The van der Waals surface area contributed by atoms with Crippen molar-refractivity contribution in [2.75, 3.05) is 0 Å². The molecule has 1 rings (SSSR count). The summed E-state index contributed by atoms with van der Waals surface area (Å²) >= 11 is 6.00. The van der Waals surface area contributed by atoms with Crippen LogP contribution in [-0.2, 0) is 17.9 Å². The molecule has 1 aromatic rings. The first-order chi connectivity index (χ1) is 4.31. The Bertz CT molecular complexity index is 131. The van der Waals surface area contributed by atoms with E-state index >= 15 is 0 Å². The zero-order chi connectivity index (χ0) is 7.11. The number of nitrogens with zero attached hydrogens (tertiary/aromatic N) is 2. The van der Waals surface area contributed by atoms with E-state index in [-0.39, 0.29) is 0 Å². The number of aryl methyl sites for hydroxylation is 1. The fourth-order valence-corrected chi connectivity index (χ4v) is 0.326. The van der Waals surface area contributed by atoms with Crippen LogP contribution >= 0.6 is 28.5 Å². The van der Waals surface area contributed by atoms with Crippen LogP contribution in [0.2, 0.25) is 0 Å². The summed E-state index contributed by atoms with van der Waals surface area (Å²) in [5, 5.41) is 0. The minimum atomic E-state index is 1.25. The van der Waals surface area contributed by atoms with E-state index in [1.165, 1.54) is 10.9 Å². The second kappa shape index (κ2) is 6.78. The third kappa shape index (κ3) is 6.55. The van der Waals surface area contributed by atoms with Crippen LogP contribution in [0.25, 0.3) is 0 Å². The molecule has 0 aliphatic carbocycles. The maximum absolute atomic E-state index is 3.78. The predicted octanol–water partition coefficient (Wildman–Crippen LogP) is 2.11. The predicted molar refractivity (Wildman–Crippen MR) is 41.1 cm³/mol. The van der Waals surface area contributed by atoms with Gasteiger partial charge in [0.05, 0.1) is 6.33 Å². The molecule has 0 saturated carbocycles. The molecule has 1 aromatic heterocycles. The Morgan fingerprint density at radius 3 is 2.22 bits per heavy atom. The molecular formula is C4H6Br2N2Ni. The van der Waals surface area contributed by atoms with Crippen LogP contribution in [0.15, 0.2) is 18.7 Å². The number of rotatable bonds is 0. The van der Waals surface area contributed by atoms with Gasteiger partial charge in [-0.15, -0.1) is 0 Å². The molecule has 9 heavy (non-hydrogen) atoms. The average molecular weight is 301 g/mol. The van der Waals surface area contributed by atoms with E-state index in [1.54, 1.807) is 12.5 Å². The zero-order valence-corrected chi connectivity index (χ0v) is 8.86. The van der Waals surface area contributed by atoms with E-state index in [0.717, 1.165) is 0 Å². The molecule has 1 heterocycles. The maximum atomic E-state index is 3.78. The van der Waals surface area contributed by atoms with E-state index in [0.29, 0.717) is 0 Å². The molecule has 5 heteroatoms. The third-order valence-corrected chi connectivity index (χ3v) is 0.637. The minimum absolute atomic E-state index is 1.25. The Morgan fingerprint density at radius 1 is 1.56 bits per heavy atom. The molecule has 0 bridgehead atoms. The molecule has 0 aliphatic rings. The van der Waals surface area contributed by atoms with Gasteiger partial charge in [0.1, 0.15) is 0 Å². The molecule has 0 aromatic carbocycles. The first-order valence-electron chi connectivity index (χ1n) is 2.05. The number of hydrogen-bond acceptors (Lipinski definition) is 1. The number of hydrogen-bond donors (Lipinski definition) is 0. The third-order valence-electron chi connectivity index (χ3n) is 0.637. The van der Waals surface area contributed by atoms with E-state index in [9.17, 15) is 0 Å². The van der Waals surface area contributed by atoms with Crippen LogP contribution in [0.3, 0.4) is 0 Å². The Morgan fingerprint density at radius 2 is 2.11 bits per heavy atom. The van der Waals surface area contributed by atoms with Crippen LogP contribution in [0, 0.1) is 0 Å². The summed E-state index contributed by atoms with van der Waals surface area (Å²) in [5.41, 5.74) is 0. The number of aromatic nitrogens is 2. The summed E-state index contributed by atoms with van der Waals surface area (Å²) in [6.07, 6.45) is 5.39. The van der Waals surface area contributed by atoms with Gasteiger partial charge in [0.15, 0.2) is 0 Å². The van der Waals surface area contributed by atoms with Gasteiger partial charge in [0.2, 0.25) is 0 Å². The van der Waals surface area contributed by atoms with Crippen molar-refractivity contribution < 1.29 is 10.9 Å². The van der Waals surface area contributed by atoms with Crippen molar-refractivity contribution in [2.45, 2.75) is 0 Å². The number of imidazole rings is 1. The van der Waals surface area contributed by atoms with Crippen molar-refractivity contribution in [3.63, 3.8) is 0 Å². The average Bonchev–Trinajstić information content (AvgIpc) is 2.20. The second-order valence-corrected chi connectivity index (χ2v) is 6.26. The standard InChI is InChI=1S/C4H6N2.2BrH.Ni/c1-6-3-2-5-4-6;;;/h2-4H,1H3;2*1H;/q;;;+2/p-2. The molecule has 0 aliphatic heterocycles. The summed E-state index contributed by atoms with van der Waals surface area (Å²) in [6, 6.07) is 0. The monoisotopic (exact) mass is 298 g/mol. The van der Waals surface area contributed by atoms with Gasteiger partial charge in [-0.1, -0.05) is 0 Å². The fraction of sp³-hybridized carbons (Fsp3) is 0.250. The van der Waals surface area contributed by atoms with Crippen LogP contribution in [-0.4, -0.2) is 9.55 Å². The van der Waals surface area contributed by atoms with Crippen LogP contribution in [0.4, 0.5) is 0 Å². The van der Waals surface area contributed by atoms with Crippen molar-refractivity contribution in [1.29, 1.82) is 0 Å². The Kier molecular flexibility index (Phi) is 7.28. The Balaban J connectivity index is 0.000000187. The van der Waals surface area contributed by atoms with Crippen molar-refractivity contribution in [2.24, 2.45) is 7.05 Å². The van der Waals surface area contributed by atoms with Crippen molar-refractivity contribution in [3.8, 4) is 0 Å². The molecular weight excluding hydrogens is 295 g/mol. The molecule has 0 atom stereocenters. The molecule has 56 valence electrons. The summed E-state index contributed by atoms with van der Waals surface area (Å²) in [7, 11) is 3.19. The molecule has 0 unspecified atom stereocenters. The second-order valence-electron chi connectivity index (χ2n) is 1.27. The molecule has 0 radical (unpaired) electrons. The zero-order valence-electron chi connectivity index (χ0n) is 4.70. The summed E-state index contributed by atoms with van der Waals surface area (Å²) in [5.74, 6) is 0. The SMILES string of the molecule is Cn1ccnc1.[Br][Ni][Br]. The Labute approximate surface area is 74.4 Å². The van der Waals surface area contributed by atoms with Gasteiger partial charge in [-0.25, -0.2) is 4.98 Å². The van der Waals surface area contributed by atoms with E-state index < -0.39 is 0 Å². The number of halogens is 2. The van der Waals surface area contributed by atoms with E-state index in [2.05, 4.69) is 33.4 Å². The molecule has 0 amide bonds. The van der Waals surface area contributed by atoms with Crippen molar-refractivity contribution in [1.82, 2.24) is 9.55 Å². The van der Waals surface area contributed by atoms with Gasteiger partial charge in [-0.05, 0) is 0 Å². The van der Waals surface area contributed by atoms with Crippen LogP contribution in [0.1, 0.15) is 0 Å². The molecule has 0 fully saturated rings. The van der Waals surface area contributed by atoms with E-state index in [4.69, 9.17) is 0 Å². The van der Waals surface area contributed by atoms with Gasteiger partial charge < -0.3 is 4.57 Å². The molecule has 0 N–H and O–H groups in total. The topological polar surface area (TPSA) is 17.8 Å². The summed E-state index contributed by atoms with van der Waals surface area (Å²) in [6.45, 7) is 0. The van der Waals surface area contributed by atoms with Gasteiger partial charge >= 0.3 is 39.3 Å². The van der Waals surface area contributed by atoms with Gasteiger partial charge in [0.25, 0.3) is 0 Å².